The lowest BCUT2D eigenvalue weighted by atomic mass is 10.1. The van der Waals surface area contributed by atoms with Gasteiger partial charge in [0, 0.05) is 17.1 Å². The molecule has 10 nitrogen and oxygen atoms in total. The van der Waals surface area contributed by atoms with Crippen LogP contribution >= 0.6 is 23.2 Å². The minimum absolute atomic E-state index is 0.177. The van der Waals surface area contributed by atoms with E-state index in [1.165, 1.54) is 17.2 Å². The molecule has 40 heavy (non-hydrogen) atoms. The molecule has 0 unspecified atom stereocenters. The number of amides is 2. The number of nitrogen functional groups attached to an aromatic ring is 1. The Hall–Kier alpha value is -4.37. The monoisotopic (exact) mass is 580 g/mol. The predicted molar refractivity (Wildman–Crippen MR) is 160 cm³/mol. The zero-order chi connectivity index (χ0) is 29.8. The van der Waals surface area contributed by atoms with Crippen LogP contribution in [0.1, 0.15) is 33.6 Å². The van der Waals surface area contributed by atoms with Gasteiger partial charge in [0.1, 0.15) is 10.3 Å². The highest BCUT2D eigenvalue weighted by Crippen LogP contribution is 2.16. The second-order valence-electron chi connectivity index (χ2n) is 8.70. The van der Waals surface area contributed by atoms with Crippen molar-refractivity contribution >= 4 is 58.6 Å². The molecule has 0 aliphatic heterocycles. The Balaban J connectivity index is 0.000000235. The maximum absolute atomic E-state index is 11.9. The summed E-state index contributed by atoms with van der Waals surface area (Å²) in [6, 6.07) is 14.1. The van der Waals surface area contributed by atoms with Crippen molar-refractivity contribution < 1.29 is 9.59 Å². The fraction of sp³-hybridized carbons (Fsp3) is 0.214. The summed E-state index contributed by atoms with van der Waals surface area (Å²) in [6.07, 6.45) is 1.51. The molecule has 4 N–H and O–H groups in total. The number of aryl methyl sites for hydroxylation is 6. The number of carbonyl (C=O) groups excluding carboxylic acids is 2. The zero-order valence-electron chi connectivity index (χ0n) is 23.0. The van der Waals surface area contributed by atoms with Crippen molar-refractivity contribution in [2.24, 2.45) is 4.99 Å². The lowest BCUT2D eigenvalue weighted by molar-refractivity contribution is 0.262. The number of halogens is 2. The molecule has 0 spiro atoms. The Bertz CT molecular complexity index is 1470. The predicted octanol–water partition coefficient (Wildman–Crippen LogP) is 6.99. The highest BCUT2D eigenvalue weighted by atomic mass is 35.5. The van der Waals surface area contributed by atoms with E-state index < -0.39 is 6.03 Å². The van der Waals surface area contributed by atoms with Crippen molar-refractivity contribution in [3.63, 3.8) is 0 Å². The van der Waals surface area contributed by atoms with Crippen LogP contribution < -0.4 is 16.4 Å². The normalized spacial score (nSPS) is 9.70. The smallest absolute Gasteiger partial charge is 0.326 e. The van der Waals surface area contributed by atoms with Gasteiger partial charge in [0.25, 0.3) is 0 Å². The van der Waals surface area contributed by atoms with Crippen molar-refractivity contribution in [3.05, 3.63) is 92.5 Å². The van der Waals surface area contributed by atoms with E-state index in [-0.39, 0.29) is 11.9 Å². The number of nitrogens with one attached hydrogen (secondary N) is 2. The molecule has 0 saturated heterocycles. The number of benzene rings is 2. The van der Waals surface area contributed by atoms with Gasteiger partial charge in [0.15, 0.2) is 0 Å². The lowest BCUT2D eigenvalue weighted by Gasteiger charge is -2.08. The Kier molecular flexibility index (Phi) is 12.2. The molecule has 0 bridgehead atoms. The van der Waals surface area contributed by atoms with Crippen LogP contribution in [0.5, 0.6) is 0 Å². The Morgan fingerprint density at radius 1 is 0.750 bits per heavy atom. The van der Waals surface area contributed by atoms with Gasteiger partial charge in [-0.15, -0.1) is 0 Å². The molecule has 2 amide bonds. The Morgan fingerprint density at radius 3 is 1.85 bits per heavy atom. The van der Waals surface area contributed by atoms with Crippen LogP contribution in [0.15, 0.2) is 53.5 Å². The highest BCUT2D eigenvalue weighted by molar-refractivity contribution is 6.29. The molecule has 2 aromatic heterocycles. The van der Waals surface area contributed by atoms with Crippen LogP contribution in [0.3, 0.4) is 0 Å². The van der Waals surface area contributed by atoms with Crippen molar-refractivity contribution in [1.29, 1.82) is 0 Å². The van der Waals surface area contributed by atoms with E-state index in [4.69, 9.17) is 28.9 Å². The third-order valence-corrected chi connectivity index (χ3v) is 5.71. The number of nitrogens with zero attached hydrogens (tertiary/aromatic N) is 5. The van der Waals surface area contributed by atoms with Gasteiger partial charge in [-0.1, -0.05) is 35.3 Å². The zero-order valence-corrected chi connectivity index (χ0v) is 24.5. The average molecular weight is 582 g/mol. The number of anilines is 3. The fourth-order valence-corrected chi connectivity index (χ4v) is 3.55. The molecule has 0 atom stereocenters. The first-order valence-electron chi connectivity index (χ1n) is 11.9. The summed E-state index contributed by atoms with van der Waals surface area (Å²) in [4.78, 5) is 40.7. The van der Waals surface area contributed by atoms with Gasteiger partial charge < -0.3 is 11.1 Å². The molecule has 208 valence electrons. The number of hydrogen-bond acceptors (Lipinski definition) is 8. The molecular weight excluding hydrogens is 551 g/mol. The van der Waals surface area contributed by atoms with E-state index in [0.717, 1.165) is 16.8 Å². The number of urea groups is 1. The number of carbonyl (C=O) groups is 1. The number of aliphatic imine (C=N–C) groups is 1. The van der Waals surface area contributed by atoms with E-state index in [1.54, 1.807) is 25.1 Å². The van der Waals surface area contributed by atoms with Crippen LogP contribution in [0, 0.1) is 41.5 Å². The van der Waals surface area contributed by atoms with Gasteiger partial charge in [-0.25, -0.2) is 29.5 Å². The fourth-order valence-electron chi connectivity index (χ4n) is 3.07. The molecular formula is C28H30Cl2N8O2. The summed E-state index contributed by atoms with van der Waals surface area (Å²) in [5, 5.41) is 5.95. The summed E-state index contributed by atoms with van der Waals surface area (Å²) >= 11 is 11.3. The third-order valence-electron chi connectivity index (χ3n) is 5.32. The summed E-state index contributed by atoms with van der Waals surface area (Å²) in [5.74, 6) is 0.399. The molecule has 4 rings (SSSR count). The molecule has 2 heterocycles. The molecule has 0 aliphatic carbocycles. The molecule has 0 aliphatic rings. The molecule has 12 heteroatoms. The first-order chi connectivity index (χ1) is 18.9. The van der Waals surface area contributed by atoms with E-state index in [1.807, 2.05) is 65.0 Å². The summed E-state index contributed by atoms with van der Waals surface area (Å²) in [6.45, 7) is 11.6. The molecule has 0 saturated carbocycles. The van der Waals surface area contributed by atoms with Crippen LogP contribution in [0.4, 0.5) is 28.1 Å². The van der Waals surface area contributed by atoms with E-state index in [0.29, 0.717) is 27.4 Å². The summed E-state index contributed by atoms with van der Waals surface area (Å²) in [7, 11) is 0. The Morgan fingerprint density at radius 2 is 1.32 bits per heavy atom. The third kappa shape index (κ3) is 11.2. The SMILES string of the molecule is Cc1cc(Cl)nc(N)n1.Cc1cc(Cl)nc(NC(=O)Nc2ccc(C)c(C)c2)n1.Cc1ccc(N=C=O)cc1C. The van der Waals surface area contributed by atoms with E-state index in [2.05, 4.69) is 35.6 Å². The van der Waals surface area contributed by atoms with Crippen LogP contribution in [-0.4, -0.2) is 32.0 Å². The standard InChI is InChI=1S/C14H15ClN4O.C9H9NO.C5H6ClN3/c1-8-4-5-11(6-9(8)2)17-14(20)19-13-16-10(3)7-12(15)18-13;1-7-3-4-9(10-6-11)5-8(7)2;1-3-2-4(6)9-5(7)8-3/h4-7H,1-3H3,(H2,16,17,18,19,20);3-5H,1-2H3;2H,1H3,(H2,7,8,9). The number of isocyanates is 1. The van der Waals surface area contributed by atoms with Crippen molar-refractivity contribution in [2.75, 3.05) is 16.4 Å². The largest absolute Gasteiger partial charge is 0.368 e. The Labute approximate surface area is 243 Å². The quantitative estimate of drug-likeness (QED) is 0.134. The highest BCUT2D eigenvalue weighted by Gasteiger charge is 2.07. The first-order valence-corrected chi connectivity index (χ1v) is 12.7. The van der Waals surface area contributed by atoms with Gasteiger partial charge in [-0.3, -0.25) is 5.32 Å². The van der Waals surface area contributed by atoms with Crippen LogP contribution in [0.2, 0.25) is 10.3 Å². The summed E-state index contributed by atoms with van der Waals surface area (Å²) in [5.41, 5.74) is 12.7. The topological polar surface area (TPSA) is 148 Å². The van der Waals surface area contributed by atoms with E-state index >= 15 is 0 Å². The van der Waals surface area contributed by atoms with Crippen LogP contribution in [0.25, 0.3) is 0 Å². The van der Waals surface area contributed by atoms with Crippen molar-refractivity contribution in [3.8, 4) is 0 Å². The number of hydrogen-bond donors (Lipinski definition) is 3. The number of nitrogens with two attached hydrogens (primary N) is 1. The minimum atomic E-state index is -0.407. The van der Waals surface area contributed by atoms with Crippen LogP contribution in [-0.2, 0) is 4.79 Å². The number of rotatable bonds is 3. The maximum Gasteiger partial charge on any atom is 0.326 e. The van der Waals surface area contributed by atoms with Crippen molar-refractivity contribution in [1.82, 2.24) is 19.9 Å². The van der Waals surface area contributed by atoms with Crippen molar-refractivity contribution in [2.45, 2.75) is 41.5 Å². The first kappa shape index (κ1) is 31.8. The van der Waals surface area contributed by atoms with Gasteiger partial charge >= 0.3 is 6.03 Å². The van der Waals surface area contributed by atoms with Gasteiger partial charge in [0.2, 0.25) is 18.0 Å². The van der Waals surface area contributed by atoms with Gasteiger partial charge in [0.05, 0.1) is 5.69 Å². The molecule has 0 fully saturated rings. The average Bonchev–Trinajstić information content (AvgIpc) is 2.83. The summed E-state index contributed by atoms with van der Waals surface area (Å²) < 4.78 is 0. The van der Waals surface area contributed by atoms with E-state index in [9.17, 15) is 9.59 Å². The molecule has 4 aromatic rings. The van der Waals surface area contributed by atoms with Gasteiger partial charge in [-0.05, 0) is 100 Å². The van der Waals surface area contributed by atoms with Gasteiger partial charge in [-0.2, -0.15) is 4.99 Å². The molecule has 2 aromatic carbocycles. The second kappa shape index (κ2) is 15.3. The maximum atomic E-state index is 11.9. The number of aromatic nitrogens is 4. The second-order valence-corrected chi connectivity index (χ2v) is 9.47. The lowest BCUT2D eigenvalue weighted by Crippen LogP contribution is -2.21. The molecule has 0 radical (unpaired) electrons. The minimum Gasteiger partial charge on any atom is -0.368 e.